The monoisotopic (exact) mass is 427 g/mol. The van der Waals surface area contributed by atoms with Gasteiger partial charge < -0.3 is 9.64 Å². The number of allylic oxidation sites excluding steroid dienone is 1. The molecule has 0 heterocycles. The molecule has 0 atom stereocenters. The zero-order chi connectivity index (χ0) is 23.1. The third-order valence-corrected chi connectivity index (χ3v) is 6.03. The Morgan fingerprint density at radius 2 is 1.47 bits per heavy atom. The Labute approximate surface area is 194 Å². The first-order valence-electron chi connectivity index (χ1n) is 11.9. The summed E-state index contributed by atoms with van der Waals surface area (Å²) in [4.78, 5) is 2.43. The summed E-state index contributed by atoms with van der Waals surface area (Å²) in [6, 6.07) is 22.1. The molecule has 2 nitrogen and oxygen atoms in total. The van der Waals surface area contributed by atoms with Crippen LogP contribution in [0, 0.1) is 0 Å². The van der Waals surface area contributed by atoms with Crippen LogP contribution in [0.2, 0.25) is 0 Å². The largest absolute Gasteiger partial charge is 0.493 e. The predicted octanol–water partition coefficient (Wildman–Crippen LogP) is 8.25. The molecule has 0 fully saturated rings. The number of benzene rings is 3. The first-order chi connectivity index (χ1) is 15.5. The standard InChI is InChI=1S/C30H37NO/c1-7-19-32-30-18-16-26(25-13-11-24(12-14-25)22(5)6)21-28(30)27-15-17-29(23(8-2)20-27)31(9-3)10-4/h11-18,20-21H,5,7-10,19H2,1-4,6H3. The highest BCUT2D eigenvalue weighted by atomic mass is 16.5. The van der Waals surface area contributed by atoms with Gasteiger partial charge in [0.1, 0.15) is 5.75 Å². The van der Waals surface area contributed by atoms with Crippen molar-refractivity contribution >= 4 is 11.3 Å². The molecule has 3 rings (SSSR count). The van der Waals surface area contributed by atoms with Crippen LogP contribution in [0.25, 0.3) is 27.8 Å². The maximum Gasteiger partial charge on any atom is 0.127 e. The van der Waals surface area contributed by atoms with Gasteiger partial charge in [-0.1, -0.05) is 62.4 Å². The van der Waals surface area contributed by atoms with Crippen molar-refractivity contribution in [2.24, 2.45) is 0 Å². The fraction of sp³-hybridized carbons (Fsp3) is 0.333. The number of hydrogen-bond donors (Lipinski definition) is 0. The Kier molecular flexibility index (Phi) is 8.16. The normalized spacial score (nSPS) is 10.8. The number of aryl methyl sites for hydroxylation is 1. The van der Waals surface area contributed by atoms with Crippen LogP contribution in [0.4, 0.5) is 5.69 Å². The molecule has 0 bridgehead atoms. The molecule has 3 aromatic rings. The molecule has 0 aliphatic carbocycles. The predicted molar refractivity (Wildman–Crippen MR) is 141 cm³/mol. The van der Waals surface area contributed by atoms with Crippen molar-refractivity contribution < 1.29 is 4.74 Å². The van der Waals surface area contributed by atoms with Crippen LogP contribution in [0.1, 0.15) is 52.2 Å². The van der Waals surface area contributed by atoms with Gasteiger partial charge >= 0.3 is 0 Å². The van der Waals surface area contributed by atoms with Crippen LogP contribution in [0.15, 0.2) is 67.2 Å². The van der Waals surface area contributed by atoms with Gasteiger partial charge in [-0.25, -0.2) is 0 Å². The molecule has 0 amide bonds. The summed E-state index contributed by atoms with van der Waals surface area (Å²) in [6.07, 6.45) is 2.00. The summed E-state index contributed by atoms with van der Waals surface area (Å²) in [7, 11) is 0. The van der Waals surface area contributed by atoms with E-state index in [9.17, 15) is 0 Å². The van der Waals surface area contributed by atoms with Crippen LogP contribution < -0.4 is 9.64 Å². The maximum atomic E-state index is 6.15. The molecule has 3 aromatic carbocycles. The quantitative estimate of drug-likeness (QED) is 0.323. The van der Waals surface area contributed by atoms with Gasteiger partial charge in [-0.15, -0.1) is 0 Å². The van der Waals surface area contributed by atoms with E-state index in [1.807, 2.05) is 6.92 Å². The minimum atomic E-state index is 0.720. The fourth-order valence-corrected chi connectivity index (χ4v) is 4.13. The first kappa shape index (κ1) is 23.7. The van der Waals surface area contributed by atoms with E-state index in [-0.39, 0.29) is 0 Å². The highest BCUT2D eigenvalue weighted by molar-refractivity contribution is 5.80. The highest BCUT2D eigenvalue weighted by Gasteiger charge is 2.13. The van der Waals surface area contributed by atoms with E-state index in [0.717, 1.165) is 49.4 Å². The van der Waals surface area contributed by atoms with Gasteiger partial charge in [0, 0.05) is 24.3 Å². The third-order valence-electron chi connectivity index (χ3n) is 6.03. The van der Waals surface area contributed by atoms with Crippen LogP contribution in [0.3, 0.4) is 0 Å². The van der Waals surface area contributed by atoms with Gasteiger partial charge in [-0.05, 0) is 85.7 Å². The summed E-state index contributed by atoms with van der Waals surface area (Å²) in [5, 5.41) is 0. The molecular weight excluding hydrogens is 390 g/mol. The molecule has 0 aliphatic heterocycles. The smallest absolute Gasteiger partial charge is 0.127 e. The van der Waals surface area contributed by atoms with Crippen LogP contribution in [-0.4, -0.2) is 19.7 Å². The van der Waals surface area contributed by atoms with Crippen LogP contribution in [0.5, 0.6) is 5.75 Å². The second-order valence-corrected chi connectivity index (χ2v) is 8.29. The number of ether oxygens (including phenoxy) is 1. The summed E-state index contributed by atoms with van der Waals surface area (Å²) in [5.41, 5.74) is 9.74. The number of rotatable bonds is 10. The molecule has 0 spiro atoms. The third kappa shape index (κ3) is 5.24. The summed E-state index contributed by atoms with van der Waals surface area (Å²) >= 11 is 0. The van der Waals surface area contributed by atoms with E-state index in [1.165, 1.54) is 33.5 Å². The number of nitrogens with zero attached hydrogens (tertiary/aromatic N) is 1. The minimum absolute atomic E-state index is 0.720. The van der Waals surface area contributed by atoms with Crippen molar-refractivity contribution in [3.8, 4) is 28.0 Å². The van der Waals surface area contributed by atoms with Crippen molar-refractivity contribution in [1.29, 1.82) is 0 Å². The molecule has 0 saturated carbocycles. The zero-order valence-electron chi connectivity index (χ0n) is 20.4. The molecule has 0 unspecified atom stereocenters. The lowest BCUT2D eigenvalue weighted by molar-refractivity contribution is 0.319. The number of anilines is 1. The zero-order valence-corrected chi connectivity index (χ0v) is 20.4. The highest BCUT2D eigenvalue weighted by Crippen LogP contribution is 2.37. The van der Waals surface area contributed by atoms with Gasteiger partial charge in [-0.2, -0.15) is 0 Å². The summed E-state index contributed by atoms with van der Waals surface area (Å²) < 4.78 is 6.15. The molecule has 0 N–H and O–H groups in total. The average molecular weight is 428 g/mol. The minimum Gasteiger partial charge on any atom is -0.493 e. The maximum absolute atomic E-state index is 6.15. The van der Waals surface area contributed by atoms with Gasteiger partial charge in [0.25, 0.3) is 0 Å². The Balaban J connectivity index is 2.08. The fourth-order valence-electron chi connectivity index (χ4n) is 4.13. The van der Waals surface area contributed by atoms with Crippen molar-refractivity contribution in [2.45, 2.75) is 47.5 Å². The second kappa shape index (κ2) is 11.0. The molecule has 0 aliphatic rings. The Hall–Kier alpha value is -3.00. The van der Waals surface area contributed by atoms with Gasteiger partial charge in [-0.3, -0.25) is 0 Å². The lowest BCUT2D eigenvalue weighted by Crippen LogP contribution is -2.23. The Morgan fingerprint density at radius 3 is 2.06 bits per heavy atom. The number of hydrogen-bond acceptors (Lipinski definition) is 2. The van der Waals surface area contributed by atoms with E-state index in [0.29, 0.717) is 0 Å². The van der Waals surface area contributed by atoms with E-state index >= 15 is 0 Å². The van der Waals surface area contributed by atoms with Crippen molar-refractivity contribution in [3.05, 3.63) is 78.4 Å². The van der Waals surface area contributed by atoms with Crippen molar-refractivity contribution in [2.75, 3.05) is 24.6 Å². The molecule has 0 radical (unpaired) electrons. The van der Waals surface area contributed by atoms with Crippen LogP contribution in [-0.2, 0) is 6.42 Å². The molecule has 168 valence electrons. The van der Waals surface area contributed by atoms with E-state index < -0.39 is 0 Å². The SMILES string of the molecule is C=C(C)c1ccc(-c2ccc(OCCC)c(-c3ccc(N(CC)CC)c(CC)c3)c2)cc1. The first-order valence-corrected chi connectivity index (χ1v) is 11.9. The topological polar surface area (TPSA) is 12.5 Å². The lowest BCUT2D eigenvalue weighted by atomic mass is 9.95. The van der Waals surface area contributed by atoms with Crippen molar-refractivity contribution in [1.82, 2.24) is 0 Å². The lowest BCUT2D eigenvalue weighted by Gasteiger charge is -2.25. The molecular formula is C30H37NO. The Bertz CT molecular complexity index is 1040. The molecule has 32 heavy (non-hydrogen) atoms. The molecule has 2 heteroatoms. The molecule has 0 saturated heterocycles. The van der Waals surface area contributed by atoms with Crippen molar-refractivity contribution in [3.63, 3.8) is 0 Å². The van der Waals surface area contributed by atoms with Gasteiger partial charge in [0.15, 0.2) is 0 Å². The van der Waals surface area contributed by atoms with Crippen LogP contribution >= 0.6 is 0 Å². The van der Waals surface area contributed by atoms with E-state index in [2.05, 4.69) is 99.8 Å². The van der Waals surface area contributed by atoms with E-state index in [1.54, 1.807) is 0 Å². The van der Waals surface area contributed by atoms with E-state index in [4.69, 9.17) is 4.74 Å². The van der Waals surface area contributed by atoms with Gasteiger partial charge in [0.2, 0.25) is 0 Å². The average Bonchev–Trinajstić information content (AvgIpc) is 2.83. The summed E-state index contributed by atoms with van der Waals surface area (Å²) in [6.45, 7) is 17.7. The molecule has 0 aromatic heterocycles. The Morgan fingerprint density at radius 1 is 0.812 bits per heavy atom. The summed E-state index contributed by atoms with van der Waals surface area (Å²) in [5.74, 6) is 0.951. The second-order valence-electron chi connectivity index (χ2n) is 8.29. The van der Waals surface area contributed by atoms with Gasteiger partial charge in [0.05, 0.1) is 6.61 Å².